The highest BCUT2D eigenvalue weighted by molar-refractivity contribution is 7.92. The predicted molar refractivity (Wildman–Crippen MR) is 81.4 cm³/mol. The summed E-state index contributed by atoms with van der Waals surface area (Å²) in [5.74, 6) is -1.56. The van der Waals surface area contributed by atoms with Crippen LogP contribution in [0.5, 0.6) is 0 Å². The van der Waals surface area contributed by atoms with Gasteiger partial charge in [0.05, 0.1) is 21.8 Å². The van der Waals surface area contributed by atoms with Gasteiger partial charge in [0.1, 0.15) is 12.1 Å². The number of nitrogens with one attached hydrogen (secondary N) is 1. The fraction of sp³-hybridized carbons (Fsp3) is 0.0714. The summed E-state index contributed by atoms with van der Waals surface area (Å²) in [6, 6.07) is 7.30. The van der Waals surface area contributed by atoms with Gasteiger partial charge in [-0.25, -0.2) is 17.5 Å². The molecule has 2 aromatic carbocycles. The Bertz CT molecular complexity index is 1040. The molecule has 1 aromatic heterocycles. The zero-order valence-electron chi connectivity index (χ0n) is 12.6. The normalized spacial score (nSPS) is 12.2. The zero-order valence-corrected chi connectivity index (χ0v) is 13.5. The molecule has 3 aromatic rings. The first kappa shape index (κ1) is 17.8. The second kappa shape index (κ2) is 6.37. The van der Waals surface area contributed by atoms with Gasteiger partial charge in [-0.3, -0.25) is 4.72 Å². The van der Waals surface area contributed by atoms with Crippen LogP contribution in [0.3, 0.4) is 0 Å². The van der Waals surface area contributed by atoms with Crippen molar-refractivity contribution in [3.05, 3.63) is 60.2 Å². The van der Waals surface area contributed by atoms with E-state index in [1.54, 1.807) is 6.07 Å². The number of tetrazole rings is 1. The van der Waals surface area contributed by atoms with Crippen molar-refractivity contribution in [2.24, 2.45) is 0 Å². The Hall–Kier alpha value is -3.02. The van der Waals surface area contributed by atoms with Crippen molar-refractivity contribution < 1.29 is 26.0 Å². The van der Waals surface area contributed by atoms with Crippen LogP contribution in [0, 0.1) is 5.82 Å². The highest BCUT2D eigenvalue weighted by Gasteiger charge is 2.35. The molecule has 0 aliphatic heterocycles. The fourth-order valence-electron chi connectivity index (χ4n) is 2.09. The first-order valence-electron chi connectivity index (χ1n) is 6.90. The van der Waals surface area contributed by atoms with Crippen LogP contribution in [0.2, 0.25) is 0 Å². The van der Waals surface area contributed by atoms with Crippen LogP contribution in [0.4, 0.5) is 23.2 Å². The van der Waals surface area contributed by atoms with E-state index in [-0.39, 0.29) is 11.8 Å². The third-order valence-electron chi connectivity index (χ3n) is 3.27. The lowest BCUT2D eigenvalue weighted by Gasteiger charge is -2.12. The van der Waals surface area contributed by atoms with Gasteiger partial charge >= 0.3 is 6.18 Å². The molecule has 0 amide bonds. The van der Waals surface area contributed by atoms with Crippen molar-refractivity contribution >= 4 is 15.7 Å². The van der Waals surface area contributed by atoms with Crippen LogP contribution in [-0.2, 0) is 16.2 Å². The van der Waals surface area contributed by atoms with Crippen molar-refractivity contribution in [3.8, 4) is 5.69 Å². The van der Waals surface area contributed by atoms with E-state index in [4.69, 9.17) is 0 Å². The average Bonchev–Trinajstić information content (AvgIpc) is 3.08. The molecule has 0 radical (unpaired) electrons. The minimum absolute atomic E-state index is 0.0656. The van der Waals surface area contributed by atoms with E-state index in [0.29, 0.717) is 11.8 Å². The number of alkyl halides is 3. The molecule has 0 atom stereocenters. The second-order valence-electron chi connectivity index (χ2n) is 5.05. The van der Waals surface area contributed by atoms with E-state index in [0.717, 1.165) is 6.07 Å². The number of aromatic nitrogens is 4. The van der Waals surface area contributed by atoms with E-state index < -0.39 is 32.5 Å². The summed E-state index contributed by atoms with van der Waals surface area (Å²) in [6.45, 7) is 0. The number of halogens is 4. The van der Waals surface area contributed by atoms with Crippen LogP contribution < -0.4 is 4.72 Å². The van der Waals surface area contributed by atoms with Gasteiger partial charge in [0.2, 0.25) is 0 Å². The van der Waals surface area contributed by atoms with Gasteiger partial charge in [-0.05, 0) is 46.8 Å². The number of benzene rings is 2. The predicted octanol–water partition coefficient (Wildman–Crippen LogP) is 2.62. The molecule has 3 rings (SSSR count). The maximum Gasteiger partial charge on any atom is 0.419 e. The largest absolute Gasteiger partial charge is 0.419 e. The molecule has 1 N–H and O–H groups in total. The lowest BCUT2D eigenvalue weighted by atomic mass is 10.2. The lowest BCUT2D eigenvalue weighted by molar-refractivity contribution is -0.140. The van der Waals surface area contributed by atoms with Crippen LogP contribution in [0.15, 0.2) is 53.7 Å². The molecule has 1 heterocycles. The molecule has 0 bridgehead atoms. The Morgan fingerprint density at radius 3 is 2.50 bits per heavy atom. The topological polar surface area (TPSA) is 89.8 Å². The molecule has 136 valence electrons. The minimum Gasteiger partial charge on any atom is -0.280 e. The summed E-state index contributed by atoms with van der Waals surface area (Å²) in [6.07, 6.45) is -3.74. The van der Waals surface area contributed by atoms with E-state index in [1.807, 2.05) is 0 Å². The third kappa shape index (κ3) is 3.64. The lowest BCUT2D eigenvalue weighted by Crippen LogP contribution is -2.16. The molecule has 0 fully saturated rings. The zero-order chi connectivity index (χ0) is 18.9. The number of rotatable bonds is 4. The van der Waals surface area contributed by atoms with Gasteiger partial charge in [0, 0.05) is 0 Å². The van der Waals surface area contributed by atoms with E-state index in [2.05, 4.69) is 20.2 Å². The van der Waals surface area contributed by atoms with Gasteiger partial charge in [-0.15, -0.1) is 5.10 Å². The standard InChI is InChI=1S/C14H9F4N5O2S/c15-13-5-4-11(7-12(13)14(16,17)18)26(24,25)20-9-2-1-3-10(6-9)23-8-19-21-22-23/h1-8,20H. The number of hydrogen-bond acceptors (Lipinski definition) is 5. The van der Waals surface area contributed by atoms with E-state index >= 15 is 0 Å². The monoisotopic (exact) mass is 387 g/mol. The number of sulfonamides is 1. The van der Waals surface area contributed by atoms with Crippen molar-refractivity contribution in [1.29, 1.82) is 0 Å². The molecule has 26 heavy (non-hydrogen) atoms. The first-order valence-corrected chi connectivity index (χ1v) is 8.38. The molecule has 0 unspecified atom stereocenters. The molecule has 0 saturated heterocycles. The Kier molecular flexibility index (Phi) is 4.36. The second-order valence-corrected chi connectivity index (χ2v) is 6.73. The maximum atomic E-state index is 13.3. The smallest absolute Gasteiger partial charge is 0.280 e. The molecule has 0 spiro atoms. The summed E-state index contributed by atoms with van der Waals surface area (Å²) in [5.41, 5.74) is -1.18. The molecule has 0 saturated carbocycles. The minimum atomic E-state index is -5.02. The summed E-state index contributed by atoms with van der Waals surface area (Å²) in [4.78, 5) is -0.723. The summed E-state index contributed by atoms with van der Waals surface area (Å²) >= 11 is 0. The van der Waals surface area contributed by atoms with Gasteiger partial charge in [0.15, 0.2) is 0 Å². The van der Waals surface area contributed by atoms with Gasteiger partial charge in [0.25, 0.3) is 10.0 Å². The Morgan fingerprint density at radius 2 is 1.85 bits per heavy atom. The van der Waals surface area contributed by atoms with Gasteiger partial charge in [-0.2, -0.15) is 13.2 Å². The van der Waals surface area contributed by atoms with Crippen LogP contribution in [0.1, 0.15) is 5.56 Å². The van der Waals surface area contributed by atoms with Crippen molar-refractivity contribution in [2.45, 2.75) is 11.1 Å². The number of anilines is 1. The Labute approximate surface area is 144 Å². The summed E-state index contributed by atoms with van der Waals surface area (Å²) < 4.78 is 79.7. The van der Waals surface area contributed by atoms with Gasteiger partial charge < -0.3 is 0 Å². The Morgan fingerprint density at radius 1 is 1.08 bits per heavy atom. The molecule has 12 heteroatoms. The molecule has 0 aliphatic carbocycles. The molecule has 7 nitrogen and oxygen atoms in total. The van der Waals surface area contributed by atoms with Gasteiger partial charge in [-0.1, -0.05) is 6.07 Å². The number of hydrogen-bond donors (Lipinski definition) is 1. The fourth-order valence-corrected chi connectivity index (χ4v) is 3.17. The first-order chi connectivity index (χ1) is 12.2. The molecule has 0 aliphatic rings. The molecular formula is C14H9F4N5O2S. The van der Waals surface area contributed by atoms with Crippen molar-refractivity contribution in [1.82, 2.24) is 20.2 Å². The Balaban J connectivity index is 1.94. The van der Waals surface area contributed by atoms with Crippen molar-refractivity contribution in [2.75, 3.05) is 4.72 Å². The summed E-state index contributed by atoms with van der Waals surface area (Å²) in [7, 11) is -4.38. The van der Waals surface area contributed by atoms with E-state index in [1.165, 1.54) is 29.2 Å². The number of nitrogens with zero attached hydrogens (tertiary/aromatic N) is 4. The van der Waals surface area contributed by atoms with Crippen LogP contribution in [-0.4, -0.2) is 28.6 Å². The SMILES string of the molecule is O=S(=O)(Nc1cccc(-n2cnnn2)c1)c1ccc(F)c(C(F)(F)F)c1. The highest BCUT2D eigenvalue weighted by Crippen LogP contribution is 2.33. The third-order valence-corrected chi connectivity index (χ3v) is 4.64. The molecular weight excluding hydrogens is 378 g/mol. The quantitative estimate of drug-likeness (QED) is 0.695. The highest BCUT2D eigenvalue weighted by atomic mass is 32.2. The van der Waals surface area contributed by atoms with Crippen LogP contribution in [0.25, 0.3) is 5.69 Å². The average molecular weight is 387 g/mol. The van der Waals surface area contributed by atoms with E-state index in [9.17, 15) is 26.0 Å². The van der Waals surface area contributed by atoms with Crippen molar-refractivity contribution in [3.63, 3.8) is 0 Å². The summed E-state index contributed by atoms with van der Waals surface area (Å²) in [5, 5.41) is 10.5. The van der Waals surface area contributed by atoms with Crippen LogP contribution >= 0.6 is 0 Å². The maximum absolute atomic E-state index is 13.3.